The number of carbonyl (C=O) groups excluding carboxylic acids is 1. The summed E-state index contributed by atoms with van der Waals surface area (Å²) in [6.07, 6.45) is 6.50. The van der Waals surface area contributed by atoms with Crippen LogP contribution in [0.5, 0.6) is 0 Å². The van der Waals surface area contributed by atoms with Crippen LogP contribution in [-0.2, 0) is 11.2 Å². The van der Waals surface area contributed by atoms with E-state index in [4.69, 9.17) is 23.8 Å². The van der Waals surface area contributed by atoms with Crippen molar-refractivity contribution in [1.29, 1.82) is 0 Å². The highest BCUT2D eigenvalue weighted by molar-refractivity contribution is 7.80. The van der Waals surface area contributed by atoms with Gasteiger partial charge < -0.3 is 20.1 Å². The average molecular weight is 531 g/mol. The maximum Gasteiger partial charge on any atom is 0.226 e. The lowest BCUT2D eigenvalue weighted by atomic mass is 10.0. The summed E-state index contributed by atoms with van der Waals surface area (Å²) in [6.45, 7) is 2.52. The molecule has 1 aliphatic heterocycles. The first kappa shape index (κ1) is 24.9. The summed E-state index contributed by atoms with van der Waals surface area (Å²) in [4.78, 5) is 24.2. The number of hydrogen-bond donors (Lipinski definition) is 2. The molecule has 188 valence electrons. The molecule has 5 rings (SSSR count). The van der Waals surface area contributed by atoms with Gasteiger partial charge in [-0.05, 0) is 66.7 Å². The predicted octanol–water partition coefficient (Wildman–Crippen LogP) is 5.48. The number of para-hydroxylation sites is 1. The molecule has 3 aromatic heterocycles. The van der Waals surface area contributed by atoms with Crippen LogP contribution >= 0.6 is 23.8 Å². The highest BCUT2D eigenvalue weighted by Gasteiger charge is 2.41. The number of rotatable bonds is 8. The molecule has 2 unspecified atom stereocenters. The maximum atomic E-state index is 13.0. The fourth-order valence-corrected chi connectivity index (χ4v) is 5.15. The normalized spacial score (nSPS) is 17.0. The minimum atomic E-state index is -0.203. The summed E-state index contributed by atoms with van der Waals surface area (Å²) in [5, 5.41) is 7.67. The Labute approximate surface area is 226 Å². The number of anilines is 1. The summed E-state index contributed by atoms with van der Waals surface area (Å²) >= 11 is 11.9. The minimum Gasteiger partial charge on any atom is -0.352 e. The molecule has 0 bridgehead atoms. The molecule has 1 aromatic carbocycles. The van der Waals surface area contributed by atoms with Gasteiger partial charge in [-0.1, -0.05) is 42.8 Å². The zero-order valence-electron chi connectivity index (χ0n) is 20.3. The molecular formula is C28H27ClN6OS. The van der Waals surface area contributed by atoms with Crippen molar-refractivity contribution in [2.24, 2.45) is 0 Å². The first-order valence-electron chi connectivity index (χ1n) is 12.2. The summed E-state index contributed by atoms with van der Waals surface area (Å²) in [6, 6.07) is 21.0. The van der Waals surface area contributed by atoms with Crippen molar-refractivity contribution in [3.63, 3.8) is 0 Å². The molecular weight excluding hydrogens is 504 g/mol. The molecule has 1 saturated heterocycles. The van der Waals surface area contributed by atoms with E-state index in [0.717, 1.165) is 34.9 Å². The monoisotopic (exact) mass is 530 g/mol. The van der Waals surface area contributed by atoms with E-state index in [1.165, 1.54) is 0 Å². The second-order valence-electron chi connectivity index (χ2n) is 8.77. The van der Waals surface area contributed by atoms with E-state index in [-0.39, 0.29) is 24.4 Å². The highest BCUT2D eigenvalue weighted by Crippen LogP contribution is 2.39. The third-order valence-electron chi connectivity index (χ3n) is 6.49. The Kier molecular flexibility index (Phi) is 7.48. The smallest absolute Gasteiger partial charge is 0.226 e. The maximum absolute atomic E-state index is 13.0. The van der Waals surface area contributed by atoms with Crippen molar-refractivity contribution < 1.29 is 4.79 Å². The molecule has 4 aromatic rings. The van der Waals surface area contributed by atoms with Gasteiger partial charge in [-0.15, -0.1) is 0 Å². The van der Waals surface area contributed by atoms with E-state index < -0.39 is 0 Å². The van der Waals surface area contributed by atoms with Gasteiger partial charge in [-0.25, -0.2) is 4.98 Å². The van der Waals surface area contributed by atoms with Gasteiger partial charge in [-0.3, -0.25) is 9.78 Å². The van der Waals surface area contributed by atoms with Gasteiger partial charge in [0.05, 0.1) is 22.8 Å². The molecule has 4 heterocycles. The zero-order valence-corrected chi connectivity index (χ0v) is 21.9. The first-order valence-corrected chi connectivity index (χ1v) is 13.0. The van der Waals surface area contributed by atoms with Crippen molar-refractivity contribution >= 4 is 40.5 Å². The lowest BCUT2D eigenvalue weighted by Gasteiger charge is -2.28. The number of hydrogen-bond acceptors (Lipinski definition) is 4. The standard InChI is InChI=1S/C28H27ClN6OS/c1-2-19-8-3-4-9-21(19)32-25(36)14-17-35-27(26(33-28(35)37)22-10-5-6-15-30-22)23-11-7-16-34(23)24-13-12-20(29)18-31-24/h3-13,15-16,18,26-27H,2,14,17H2,1H3,(H,32,36)(H,33,37). The molecule has 0 saturated carbocycles. The lowest BCUT2D eigenvalue weighted by molar-refractivity contribution is -0.116. The number of nitrogens with one attached hydrogen (secondary N) is 2. The Hall–Kier alpha value is -3.75. The summed E-state index contributed by atoms with van der Waals surface area (Å²) < 4.78 is 2.02. The number of halogens is 1. The number of amides is 1. The number of aromatic nitrogens is 3. The summed E-state index contributed by atoms with van der Waals surface area (Å²) in [7, 11) is 0. The molecule has 1 amide bonds. The zero-order chi connectivity index (χ0) is 25.8. The van der Waals surface area contributed by atoms with Gasteiger partial charge >= 0.3 is 0 Å². The SMILES string of the molecule is CCc1ccccc1NC(=O)CCN1C(=S)NC(c2ccccn2)C1c1cccn1-c1ccc(Cl)cn1. The Bertz CT molecular complexity index is 1390. The number of nitrogens with zero attached hydrogens (tertiary/aromatic N) is 4. The highest BCUT2D eigenvalue weighted by atomic mass is 35.5. The van der Waals surface area contributed by atoms with Gasteiger partial charge in [0.1, 0.15) is 5.82 Å². The Morgan fingerprint density at radius 2 is 1.92 bits per heavy atom. The molecule has 0 spiro atoms. The number of aryl methyl sites for hydroxylation is 1. The second kappa shape index (κ2) is 11.1. The van der Waals surface area contributed by atoms with Crippen molar-refractivity contribution in [3.8, 4) is 5.82 Å². The van der Waals surface area contributed by atoms with E-state index >= 15 is 0 Å². The quantitative estimate of drug-likeness (QED) is 0.294. The largest absolute Gasteiger partial charge is 0.352 e. The van der Waals surface area contributed by atoms with Crippen LogP contribution in [0.25, 0.3) is 5.82 Å². The third kappa shape index (κ3) is 5.35. The van der Waals surface area contributed by atoms with Crippen LogP contribution in [0.3, 0.4) is 0 Å². The molecule has 9 heteroatoms. The molecule has 0 radical (unpaired) electrons. The fraction of sp³-hybridized carbons (Fsp3) is 0.214. The third-order valence-corrected chi connectivity index (χ3v) is 7.07. The number of thiocarbonyl (C=S) groups is 1. The Morgan fingerprint density at radius 3 is 2.68 bits per heavy atom. The summed E-state index contributed by atoms with van der Waals surface area (Å²) in [5.41, 5.74) is 3.81. The van der Waals surface area contributed by atoms with Gasteiger partial charge in [0, 0.05) is 42.9 Å². The van der Waals surface area contributed by atoms with Gasteiger partial charge in [-0.2, -0.15) is 0 Å². The van der Waals surface area contributed by atoms with Crippen LogP contribution < -0.4 is 10.6 Å². The molecule has 2 N–H and O–H groups in total. The predicted molar refractivity (Wildman–Crippen MR) is 150 cm³/mol. The van der Waals surface area contributed by atoms with Gasteiger partial charge in [0.25, 0.3) is 0 Å². The Balaban J connectivity index is 1.43. The van der Waals surface area contributed by atoms with E-state index in [1.807, 2.05) is 71.4 Å². The molecule has 37 heavy (non-hydrogen) atoms. The second-order valence-corrected chi connectivity index (χ2v) is 9.59. The Morgan fingerprint density at radius 1 is 1.08 bits per heavy atom. The van der Waals surface area contributed by atoms with Crippen molar-refractivity contribution in [2.75, 3.05) is 11.9 Å². The van der Waals surface area contributed by atoms with E-state index in [2.05, 4.69) is 38.5 Å². The molecule has 0 aliphatic carbocycles. The van der Waals surface area contributed by atoms with E-state index in [1.54, 1.807) is 12.4 Å². The van der Waals surface area contributed by atoms with Crippen molar-refractivity contribution in [1.82, 2.24) is 24.8 Å². The van der Waals surface area contributed by atoms with Gasteiger partial charge in [0.15, 0.2) is 5.11 Å². The molecule has 7 nitrogen and oxygen atoms in total. The van der Waals surface area contributed by atoms with Crippen LogP contribution in [0.2, 0.25) is 5.02 Å². The average Bonchev–Trinajstić information content (AvgIpc) is 3.53. The first-order chi connectivity index (χ1) is 18.0. The molecule has 2 atom stereocenters. The van der Waals surface area contributed by atoms with Crippen LogP contribution in [0.15, 0.2) is 85.3 Å². The van der Waals surface area contributed by atoms with Crippen molar-refractivity contribution in [2.45, 2.75) is 31.8 Å². The molecule has 1 fully saturated rings. The van der Waals surface area contributed by atoms with E-state index in [0.29, 0.717) is 16.7 Å². The van der Waals surface area contributed by atoms with Crippen LogP contribution in [0.1, 0.15) is 42.4 Å². The van der Waals surface area contributed by atoms with Gasteiger partial charge in [0.2, 0.25) is 5.91 Å². The van der Waals surface area contributed by atoms with Crippen LogP contribution in [0, 0.1) is 0 Å². The van der Waals surface area contributed by atoms with E-state index in [9.17, 15) is 4.79 Å². The van der Waals surface area contributed by atoms with Crippen molar-refractivity contribution in [3.05, 3.63) is 107 Å². The van der Waals surface area contributed by atoms with Crippen LogP contribution in [-0.4, -0.2) is 37.0 Å². The summed E-state index contributed by atoms with van der Waals surface area (Å²) in [5.74, 6) is 0.689. The van der Waals surface area contributed by atoms with Crippen LogP contribution in [0.4, 0.5) is 5.69 Å². The number of carbonyl (C=O) groups is 1. The lowest BCUT2D eigenvalue weighted by Crippen LogP contribution is -2.33. The minimum absolute atomic E-state index is 0.0570. The topological polar surface area (TPSA) is 75.1 Å². The fourth-order valence-electron chi connectivity index (χ4n) is 4.71. The number of benzene rings is 1. The number of pyridine rings is 2. The molecule has 1 aliphatic rings.